The van der Waals surface area contributed by atoms with Crippen molar-refractivity contribution in [1.29, 1.82) is 0 Å². The molecule has 0 saturated heterocycles. The van der Waals surface area contributed by atoms with Crippen molar-refractivity contribution in [3.8, 4) is 5.75 Å². The molecule has 2 N–H and O–H groups in total. The Balaban J connectivity index is 0.00000363. The second kappa shape index (κ2) is 11.7. The number of hydrogen-bond donors (Lipinski definition) is 2. The molecule has 6 nitrogen and oxygen atoms in total. The van der Waals surface area contributed by atoms with E-state index in [1.54, 1.807) is 25.4 Å². The van der Waals surface area contributed by atoms with Crippen LogP contribution in [0, 0.1) is 6.92 Å². The number of aryl methyl sites for hydroxylation is 1. The van der Waals surface area contributed by atoms with Crippen molar-refractivity contribution >= 4 is 29.9 Å². The van der Waals surface area contributed by atoms with Crippen LogP contribution in [0.4, 0.5) is 13.2 Å². The highest BCUT2D eigenvalue weighted by atomic mass is 127. The molecule has 0 spiro atoms. The van der Waals surface area contributed by atoms with Crippen LogP contribution in [-0.4, -0.2) is 28.9 Å². The fraction of sp³-hybridized carbons (Fsp3) is 0.273. The van der Waals surface area contributed by atoms with E-state index in [1.165, 1.54) is 12.1 Å². The van der Waals surface area contributed by atoms with Gasteiger partial charge in [0.1, 0.15) is 11.6 Å². The number of nitrogens with one attached hydrogen (secondary N) is 2. The highest BCUT2D eigenvalue weighted by molar-refractivity contribution is 14.0. The number of rotatable bonds is 7. The van der Waals surface area contributed by atoms with Crippen LogP contribution >= 0.6 is 24.0 Å². The number of halogens is 4. The fourth-order valence-electron chi connectivity index (χ4n) is 3.06. The van der Waals surface area contributed by atoms with E-state index < -0.39 is 6.36 Å². The van der Waals surface area contributed by atoms with E-state index in [0.29, 0.717) is 18.1 Å². The smallest absolute Gasteiger partial charge is 0.405 e. The molecule has 0 unspecified atom stereocenters. The molecule has 0 aliphatic heterocycles. The van der Waals surface area contributed by atoms with Crippen LogP contribution in [0.25, 0.3) is 0 Å². The molecule has 0 atom stereocenters. The zero-order valence-electron chi connectivity index (χ0n) is 17.7. The first kappa shape index (κ1) is 25.5. The molecule has 0 fully saturated rings. The Hall–Kier alpha value is -2.76. The number of imidazole rings is 1. The highest BCUT2D eigenvalue weighted by Crippen LogP contribution is 2.26. The van der Waals surface area contributed by atoms with Gasteiger partial charge in [-0.15, -0.1) is 37.1 Å². The highest BCUT2D eigenvalue weighted by Gasteiger charge is 2.31. The number of guanidine groups is 1. The van der Waals surface area contributed by atoms with Crippen LogP contribution in [0.15, 0.2) is 65.9 Å². The minimum atomic E-state index is -4.74. The largest absolute Gasteiger partial charge is 0.573 e. The number of benzene rings is 2. The Morgan fingerprint density at radius 1 is 1.06 bits per heavy atom. The zero-order chi connectivity index (χ0) is 22.3. The van der Waals surface area contributed by atoms with Crippen molar-refractivity contribution in [3.05, 3.63) is 83.4 Å². The average molecular weight is 559 g/mol. The lowest BCUT2D eigenvalue weighted by Crippen LogP contribution is -2.36. The van der Waals surface area contributed by atoms with Gasteiger partial charge in [0.15, 0.2) is 5.96 Å². The number of alkyl halides is 3. The van der Waals surface area contributed by atoms with Gasteiger partial charge in [-0.2, -0.15) is 0 Å². The molecule has 0 aliphatic rings. The zero-order valence-corrected chi connectivity index (χ0v) is 20.0. The van der Waals surface area contributed by atoms with Gasteiger partial charge in [0.2, 0.25) is 0 Å². The summed E-state index contributed by atoms with van der Waals surface area (Å²) in [5.74, 6) is 1.18. The van der Waals surface area contributed by atoms with Gasteiger partial charge in [-0.25, -0.2) is 4.98 Å². The SMILES string of the molecule is CN=C(NCc1cccc(Cn2ccnc2C)c1)NCc1ccccc1OC(F)(F)F.I. The van der Waals surface area contributed by atoms with Crippen LogP contribution in [0.2, 0.25) is 0 Å². The third-order valence-electron chi connectivity index (χ3n) is 4.60. The number of para-hydroxylation sites is 1. The summed E-state index contributed by atoms with van der Waals surface area (Å²) in [5, 5.41) is 6.20. The maximum atomic E-state index is 12.6. The molecular formula is C22H25F3IN5O. The Morgan fingerprint density at radius 3 is 2.47 bits per heavy atom. The summed E-state index contributed by atoms with van der Waals surface area (Å²) in [5.41, 5.74) is 2.57. The standard InChI is InChI=1S/C22H24F3N5O.HI/c1-16-27-10-11-30(16)15-18-7-5-6-17(12-18)13-28-21(26-2)29-14-19-8-3-4-9-20(19)31-22(23,24)25;/h3-12H,13-15H2,1-2H3,(H2,26,28,29);1H. The van der Waals surface area contributed by atoms with Crippen molar-refractivity contribution in [1.82, 2.24) is 20.2 Å². The molecule has 0 aliphatic carbocycles. The summed E-state index contributed by atoms with van der Waals surface area (Å²) in [4.78, 5) is 8.37. The first-order chi connectivity index (χ1) is 14.8. The molecule has 172 valence electrons. The fourth-order valence-corrected chi connectivity index (χ4v) is 3.06. The van der Waals surface area contributed by atoms with Crippen molar-refractivity contribution in [2.75, 3.05) is 7.05 Å². The Kier molecular flexibility index (Phi) is 9.36. The third-order valence-corrected chi connectivity index (χ3v) is 4.60. The van der Waals surface area contributed by atoms with E-state index in [-0.39, 0.29) is 36.3 Å². The van der Waals surface area contributed by atoms with Crippen molar-refractivity contribution in [2.45, 2.75) is 32.9 Å². The number of nitrogens with zero attached hydrogens (tertiary/aromatic N) is 3. The summed E-state index contributed by atoms with van der Waals surface area (Å²) in [6.07, 6.45) is -1.03. The van der Waals surface area contributed by atoms with Crippen LogP contribution in [0.5, 0.6) is 5.75 Å². The second-order valence-corrected chi connectivity index (χ2v) is 6.86. The lowest BCUT2D eigenvalue weighted by Gasteiger charge is -2.16. The van der Waals surface area contributed by atoms with E-state index in [9.17, 15) is 13.2 Å². The van der Waals surface area contributed by atoms with Gasteiger partial charge < -0.3 is 19.9 Å². The van der Waals surface area contributed by atoms with E-state index in [2.05, 4.69) is 36.0 Å². The van der Waals surface area contributed by atoms with Crippen LogP contribution in [-0.2, 0) is 19.6 Å². The molecule has 1 heterocycles. The lowest BCUT2D eigenvalue weighted by molar-refractivity contribution is -0.274. The average Bonchev–Trinajstić information content (AvgIpc) is 3.13. The molecule has 0 saturated carbocycles. The molecule has 1 aromatic heterocycles. The van der Waals surface area contributed by atoms with Crippen LogP contribution in [0.3, 0.4) is 0 Å². The Morgan fingerprint density at radius 2 is 1.78 bits per heavy atom. The molecule has 32 heavy (non-hydrogen) atoms. The topological polar surface area (TPSA) is 63.5 Å². The summed E-state index contributed by atoms with van der Waals surface area (Å²) in [6.45, 7) is 3.32. The van der Waals surface area contributed by atoms with E-state index >= 15 is 0 Å². The van der Waals surface area contributed by atoms with Gasteiger partial charge >= 0.3 is 6.36 Å². The van der Waals surface area contributed by atoms with Crippen LogP contribution in [0.1, 0.15) is 22.5 Å². The number of ether oxygens (including phenoxy) is 1. The number of aromatic nitrogens is 2. The second-order valence-electron chi connectivity index (χ2n) is 6.86. The molecule has 0 bridgehead atoms. The third kappa shape index (κ3) is 7.74. The quantitative estimate of drug-likeness (QED) is 0.252. The molecule has 3 rings (SSSR count). The van der Waals surface area contributed by atoms with Crippen molar-refractivity contribution < 1.29 is 17.9 Å². The lowest BCUT2D eigenvalue weighted by atomic mass is 10.1. The maximum absolute atomic E-state index is 12.6. The molecule has 0 radical (unpaired) electrons. The number of aliphatic imine (C=N–C) groups is 1. The van der Waals surface area contributed by atoms with Gasteiger partial charge in [-0.1, -0.05) is 42.5 Å². The number of hydrogen-bond acceptors (Lipinski definition) is 3. The maximum Gasteiger partial charge on any atom is 0.573 e. The minimum absolute atomic E-state index is 0. The van der Waals surface area contributed by atoms with Gasteiger partial charge in [0.05, 0.1) is 0 Å². The summed E-state index contributed by atoms with van der Waals surface area (Å²) in [6, 6.07) is 14.1. The molecule has 0 amide bonds. The van der Waals surface area contributed by atoms with E-state index in [4.69, 9.17) is 0 Å². The normalized spacial score (nSPS) is 11.6. The van der Waals surface area contributed by atoms with Crippen molar-refractivity contribution in [3.63, 3.8) is 0 Å². The van der Waals surface area contributed by atoms with Gasteiger partial charge in [-0.05, 0) is 24.1 Å². The summed E-state index contributed by atoms with van der Waals surface area (Å²) < 4.78 is 43.9. The van der Waals surface area contributed by atoms with Crippen molar-refractivity contribution in [2.24, 2.45) is 4.99 Å². The monoisotopic (exact) mass is 559 g/mol. The van der Waals surface area contributed by atoms with Gasteiger partial charge in [0.25, 0.3) is 0 Å². The Bertz CT molecular complexity index is 1040. The minimum Gasteiger partial charge on any atom is -0.405 e. The van der Waals surface area contributed by atoms with Gasteiger partial charge in [0, 0.05) is 44.6 Å². The summed E-state index contributed by atoms with van der Waals surface area (Å²) >= 11 is 0. The van der Waals surface area contributed by atoms with Crippen LogP contribution < -0.4 is 15.4 Å². The molecule has 2 aromatic carbocycles. The molecule has 3 aromatic rings. The Labute approximate surface area is 201 Å². The predicted octanol–water partition coefficient (Wildman–Crippen LogP) is 4.62. The first-order valence-electron chi connectivity index (χ1n) is 9.68. The van der Waals surface area contributed by atoms with E-state index in [1.807, 2.05) is 31.3 Å². The van der Waals surface area contributed by atoms with Gasteiger partial charge in [-0.3, -0.25) is 4.99 Å². The predicted molar refractivity (Wildman–Crippen MR) is 128 cm³/mol. The molecular weight excluding hydrogens is 534 g/mol. The molecule has 10 heteroatoms. The first-order valence-corrected chi connectivity index (χ1v) is 9.68. The summed E-state index contributed by atoms with van der Waals surface area (Å²) in [7, 11) is 1.60. The van der Waals surface area contributed by atoms with E-state index in [0.717, 1.165) is 23.5 Å².